The molecule has 1 aromatic rings. The van der Waals surface area contributed by atoms with E-state index in [4.69, 9.17) is 10.8 Å². The van der Waals surface area contributed by atoms with Crippen LogP contribution in [0.2, 0.25) is 0 Å². The minimum Gasteiger partial charge on any atom is -0.478 e. The van der Waals surface area contributed by atoms with Crippen LogP contribution in [0.4, 0.5) is 15.8 Å². The van der Waals surface area contributed by atoms with E-state index < -0.39 is 17.3 Å². The highest BCUT2D eigenvalue weighted by Gasteiger charge is 2.14. The summed E-state index contributed by atoms with van der Waals surface area (Å²) < 4.78 is 13.6. The zero-order valence-corrected chi connectivity index (χ0v) is 11.9. The van der Waals surface area contributed by atoms with E-state index >= 15 is 0 Å². The van der Waals surface area contributed by atoms with Crippen LogP contribution in [0.5, 0.6) is 0 Å². The van der Waals surface area contributed by atoms with Crippen molar-refractivity contribution in [3.05, 3.63) is 23.5 Å². The zero-order valence-electron chi connectivity index (χ0n) is 11.1. The summed E-state index contributed by atoms with van der Waals surface area (Å²) in [4.78, 5) is 13.1. The van der Waals surface area contributed by atoms with E-state index in [1.165, 1.54) is 0 Å². The number of anilines is 2. The standard InChI is InChI=1S/C13H18FN3O2S/c14-10-8-12(11(15)7-9(10)13(18)19)16-1-2-17-3-5-20-6-4-17/h7-8,16H,1-6,15H2,(H,18,19). The first-order valence-electron chi connectivity index (χ1n) is 6.44. The monoisotopic (exact) mass is 299 g/mol. The number of thioether (sulfide) groups is 1. The summed E-state index contributed by atoms with van der Waals surface area (Å²) in [5.74, 6) is 0.198. The molecule has 0 spiro atoms. The van der Waals surface area contributed by atoms with Gasteiger partial charge in [0.15, 0.2) is 0 Å². The van der Waals surface area contributed by atoms with Crippen LogP contribution >= 0.6 is 11.8 Å². The number of benzene rings is 1. The molecule has 1 aromatic carbocycles. The summed E-state index contributed by atoms with van der Waals surface area (Å²) in [6, 6.07) is 2.29. The lowest BCUT2D eigenvalue weighted by molar-refractivity contribution is 0.0692. The number of nitrogen functional groups attached to an aromatic ring is 1. The number of aromatic carboxylic acids is 1. The molecule has 1 saturated heterocycles. The molecule has 7 heteroatoms. The van der Waals surface area contributed by atoms with Crippen molar-refractivity contribution >= 4 is 29.1 Å². The lowest BCUT2D eigenvalue weighted by Gasteiger charge is -2.26. The molecule has 0 bridgehead atoms. The van der Waals surface area contributed by atoms with Gasteiger partial charge >= 0.3 is 5.97 Å². The Morgan fingerprint density at radius 1 is 1.45 bits per heavy atom. The summed E-state index contributed by atoms with van der Waals surface area (Å²) in [5.41, 5.74) is 6.03. The third kappa shape index (κ3) is 3.77. The van der Waals surface area contributed by atoms with Crippen LogP contribution in [0.25, 0.3) is 0 Å². The maximum absolute atomic E-state index is 13.6. The van der Waals surface area contributed by atoms with Crippen molar-refractivity contribution in [2.24, 2.45) is 0 Å². The summed E-state index contributed by atoms with van der Waals surface area (Å²) in [6.45, 7) is 3.64. The van der Waals surface area contributed by atoms with E-state index in [-0.39, 0.29) is 5.69 Å². The van der Waals surface area contributed by atoms with Gasteiger partial charge in [0.2, 0.25) is 0 Å². The number of halogens is 1. The molecule has 0 aliphatic carbocycles. The maximum atomic E-state index is 13.6. The molecule has 4 N–H and O–H groups in total. The van der Waals surface area contributed by atoms with E-state index in [1.807, 2.05) is 11.8 Å². The van der Waals surface area contributed by atoms with E-state index in [1.54, 1.807) is 0 Å². The maximum Gasteiger partial charge on any atom is 0.338 e. The SMILES string of the molecule is Nc1cc(C(=O)O)c(F)cc1NCCN1CCSCC1. The highest BCUT2D eigenvalue weighted by atomic mass is 32.2. The predicted molar refractivity (Wildman–Crippen MR) is 80.0 cm³/mol. The minimum absolute atomic E-state index is 0.248. The van der Waals surface area contributed by atoms with Gasteiger partial charge < -0.3 is 16.2 Å². The topological polar surface area (TPSA) is 78.6 Å². The van der Waals surface area contributed by atoms with Gasteiger partial charge in [-0.3, -0.25) is 4.90 Å². The number of hydrogen-bond acceptors (Lipinski definition) is 5. The largest absolute Gasteiger partial charge is 0.478 e. The Kier molecular flexibility index (Phi) is 5.08. The minimum atomic E-state index is -1.31. The number of nitrogens with zero attached hydrogens (tertiary/aromatic N) is 1. The first kappa shape index (κ1) is 14.9. The van der Waals surface area contributed by atoms with Crippen molar-refractivity contribution in [1.29, 1.82) is 0 Å². The summed E-state index contributed by atoms with van der Waals surface area (Å²) >= 11 is 1.95. The number of carbonyl (C=O) groups is 1. The predicted octanol–water partition coefficient (Wildman–Crippen LogP) is 1.57. The van der Waals surface area contributed by atoms with Gasteiger partial charge in [0.25, 0.3) is 0 Å². The van der Waals surface area contributed by atoms with Crippen LogP contribution in [0.15, 0.2) is 12.1 Å². The van der Waals surface area contributed by atoms with Gasteiger partial charge in [0.05, 0.1) is 16.9 Å². The van der Waals surface area contributed by atoms with Crippen molar-refractivity contribution in [2.45, 2.75) is 0 Å². The third-order valence-corrected chi connectivity index (χ3v) is 4.16. The fourth-order valence-corrected chi connectivity index (χ4v) is 3.06. The number of carboxylic acids is 1. The molecular formula is C13H18FN3O2S. The molecule has 1 aliphatic rings. The van der Waals surface area contributed by atoms with Crippen molar-refractivity contribution in [3.8, 4) is 0 Å². The van der Waals surface area contributed by atoms with Crippen molar-refractivity contribution in [3.63, 3.8) is 0 Å². The van der Waals surface area contributed by atoms with Crippen LogP contribution in [0, 0.1) is 5.82 Å². The number of rotatable bonds is 5. The third-order valence-electron chi connectivity index (χ3n) is 3.22. The van der Waals surface area contributed by atoms with Gasteiger partial charge in [-0.1, -0.05) is 0 Å². The Labute approximate surface area is 121 Å². The lowest BCUT2D eigenvalue weighted by atomic mass is 10.1. The van der Waals surface area contributed by atoms with Crippen LogP contribution in [-0.4, -0.2) is 53.7 Å². The molecular weight excluding hydrogens is 281 g/mol. The number of nitrogens with two attached hydrogens (primary N) is 1. The van der Waals surface area contributed by atoms with Crippen LogP contribution in [0.1, 0.15) is 10.4 Å². The summed E-state index contributed by atoms with van der Waals surface area (Å²) in [5, 5.41) is 11.9. The van der Waals surface area contributed by atoms with E-state index in [0.29, 0.717) is 12.2 Å². The van der Waals surface area contributed by atoms with Gasteiger partial charge in [-0.15, -0.1) is 0 Å². The molecule has 0 unspecified atom stereocenters. The Morgan fingerprint density at radius 3 is 2.80 bits per heavy atom. The molecule has 110 valence electrons. The van der Waals surface area contributed by atoms with Gasteiger partial charge in [-0.05, 0) is 12.1 Å². The molecule has 0 atom stereocenters. The molecule has 5 nitrogen and oxygen atoms in total. The first-order chi connectivity index (χ1) is 9.58. The number of nitrogens with one attached hydrogen (secondary N) is 1. The average molecular weight is 299 g/mol. The second-order valence-electron chi connectivity index (χ2n) is 4.61. The number of hydrogen-bond donors (Lipinski definition) is 3. The molecule has 0 aromatic heterocycles. The fraction of sp³-hybridized carbons (Fsp3) is 0.462. The molecule has 0 saturated carbocycles. The molecule has 1 aliphatic heterocycles. The fourth-order valence-electron chi connectivity index (χ4n) is 2.08. The van der Waals surface area contributed by atoms with Crippen molar-refractivity contribution < 1.29 is 14.3 Å². The average Bonchev–Trinajstić information content (AvgIpc) is 2.43. The van der Waals surface area contributed by atoms with Gasteiger partial charge in [0, 0.05) is 37.7 Å². The summed E-state index contributed by atoms with van der Waals surface area (Å²) in [7, 11) is 0. The Bertz CT molecular complexity index is 493. The zero-order chi connectivity index (χ0) is 14.5. The Hall–Kier alpha value is -1.47. The van der Waals surface area contributed by atoms with Crippen LogP contribution in [-0.2, 0) is 0 Å². The molecule has 0 radical (unpaired) electrons. The highest BCUT2D eigenvalue weighted by Crippen LogP contribution is 2.23. The van der Waals surface area contributed by atoms with E-state index in [0.717, 1.165) is 43.3 Å². The smallest absolute Gasteiger partial charge is 0.338 e. The Morgan fingerprint density at radius 2 is 2.15 bits per heavy atom. The van der Waals surface area contributed by atoms with Gasteiger partial charge in [0.1, 0.15) is 5.82 Å². The van der Waals surface area contributed by atoms with Crippen LogP contribution < -0.4 is 11.1 Å². The molecule has 0 amide bonds. The lowest BCUT2D eigenvalue weighted by Crippen LogP contribution is -2.36. The molecule has 20 heavy (non-hydrogen) atoms. The second-order valence-corrected chi connectivity index (χ2v) is 5.83. The Balaban J connectivity index is 1.92. The number of carboxylic acid groups (broad SMARTS) is 1. The van der Waals surface area contributed by atoms with Gasteiger partial charge in [-0.2, -0.15) is 11.8 Å². The first-order valence-corrected chi connectivity index (χ1v) is 7.59. The van der Waals surface area contributed by atoms with Crippen LogP contribution in [0.3, 0.4) is 0 Å². The summed E-state index contributed by atoms with van der Waals surface area (Å²) in [6.07, 6.45) is 0. The molecule has 1 heterocycles. The van der Waals surface area contributed by atoms with E-state index in [2.05, 4.69) is 10.2 Å². The van der Waals surface area contributed by atoms with Gasteiger partial charge in [-0.25, -0.2) is 9.18 Å². The van der Waals surface area contributed by atoms with Crippen molar-refractivity contribution in [1.82, 2.24) is 4.90 Å². The molecule has 1 fully saturated rings. The normalized spacial score (nSPS) is 16.1. The van der Waals surface area contributed by atoms with Crippen molar-refractivity contribution in [2.75, 3.05) is 48.7 Å². The molecule has 2 rings (SSSR count). The highest BCUT2D eigenvalue weighted by molar-refractivity contribution is 7.99. The second kappa shape index (κ2) is 6.81. The quantitative estimate of drug-likeness (QED) is 0.716. The van der Waals surface area contributed by atoms with E-state index in [9.17, 15) is 9.18 Å².